The summed E-state index contributed by atoms with van der Waals surface area (Å²) in [5, 5.41) is 64.0. The van der Waals surface area contributed by atoms with Crippen LogP contribution in [0.5, 0.6) is 0 Å². The third-order valence-electron chi connectivity index (χ3n) is 9.28. The van der Waals surface area contributed by atoms with Gasteiger partial charge in [0.1, 0.15) is 17.0 Å². The van der Waals surface area contributed by atoms with E-state index in [4.69, 9.17) is 10.3 Å². The SMILES string of the molecule is NS(=O)(=O)c1ccc(Nc2nc(Nc3ccc(/C=C/c4ccc(Nc5nc(Nc6ccc(S(N)(=O)=O)cc6)nc(NC(CC(=O)O)C(=O)O)n5)cc4S(=O)(=O)O)cc3)nc(NC(CC(=O)O)C(=O)O)n2)cc1. The summed E-state index contributed by atoms with van der Waals surface area (Å²) in [6.07, 6.45) is 1.13. The molecule has 0 saturated carbocycles. The van der Waals surface area contributed by atoms with Crippen molar-refractivity contribution in [3.05, 3.63) is 102 Å². The standard InChI is InChI=1S/C40H38N14O15S3/c41-70(63,64)26-13-9-23(10-14-26)44-36-49-35(51-39(52-36)47-28(33(59)60)18-31(55)56)43-22-6-2-20(3-7-22)1-4-21-5-8-25(17-30(21)72(67,68)69)46-38-50-37(45-24-11-15-27(16-12-24)71(42,65)66)53-40(54-38)48-29(34(61)62)19-32(57)58/h1-17,28-29H,18-19H2,(H,55,56)(H,57,58)(H,59,60)(H,61,62)(H2,41,63,64)(H2,42,65,66)(H,67,68,69)(H3,43,44,47,49,51,52)(H3,45,46,48,50,53,54)/b4-1+. The maximum absolute atomic E-state index is 12.7. The van der Waals surface area contributed by atoms with Gasteiger partial charge in [0.2, 0.25) is 55.7 Å². The van der Waals surface area contributed by atoms with Crippen LogP contribution in [0.3, 0.4) is 0 Å². The molecule has 0 fully saturated rings. The maximum atomic E-state index is 12.7. The van der Waals surface area contributed by atoms with E-state index < -0.39 is 89.8 Å². The molecule has 6 rings (SSSR count). The fourth-order valence-electron chi connectivity index (χ4n) is 5.97. The number of hydrogen-bond acceptors (Lipinski definition) is 22. The Balaban J connectivity index is 1.24. The zero-order valence-corrected chi connectivity index (χ0v) is 38.7. The van der Waals surface area contributed by atoms with Gasteiger partial charge in [0.05, 0.1) is 22.6 Å². The molecule has 15 N–H and O–H groups in total. The number of nitrogens with zero attached hydrogens (tertiary/aromatic N) is 6. The first-order valence-electron chi connectivity index (χ1n) is 20.0. The quantitative estimate of drug-likeness (QED) is 0.0324. The normalized spacial score (nSPS) is 12.5. The zero-order valence-electron chi connectivity index (χ0n) is 36.3. The van der Waals surface area contributed by atoms with Crippen molar-refractivity contribution in [2.75, 3.05) is 31.9 Å². The minimum atomic E-state index is -4.93. The lowest BCUT2D eigenvalue weighted by atomic mass is 10.1. The highest BCUT2D eigenvalue weighted by Crippen LogP contribution is 2.27. The molecule has 0 aliphatic heterocycles. The summed E-state index contributed by atoms with van der Waals surface area (Å²) in [7, 11) is -13.0. The average Bonchev–Trinajstić information content (AvgIpc) is 3.27. The Morgan fingerprint density at radius 1 is 0.486 bits per heavy atom. The first-order chi connectivity index (χ1) is 33.8. The number of anilines is 10. The van der Waals surface area contributed by atoms with Crippen LogP contribution in [0.2, 0.25) is 0 Å². The molecule has 29 nitrogen and oxygen atoms in total. The predicted molar refractivity (Wildman–Crippen MR) is 255 cm³/mol. The van der Waals surface area contributed by atoms with Crippen molar-refractivity contribution >= 4 is 125 Å². The van der Waals surface area contributed by atoms with Crippen LogP contribution in [0.4, 0.5) is 58.4 Å². The number of hydrogen-bond donors (Lipinski definition) is 13. The second-order valence-electron chi connectivity index (χ2n) is 14.7. The highest BCUT2D eigenvalue weighted by Gasteiger charge is 2.25. The Morgan fingerprint density at radius 2 is 0.819 bits per heavy atom. The van der Waals surface area contributed by atoms with Crippen LogP contribution in [-0.4, -0.2) is 116 Å². The minimum absolute atomic E-state index is 0.00128. The molecule has 0 spiro atoms. The summed E-state index contributed by atoms with van der Waals surface area (Å²) in [5.74, 6) is -7.74. The average molecular weight is 1050 g/mol. The van der Waals surface area contributed by atoms with Crippen LogP contribution < -0.4 is 42.2 Å². The first-order valence-corrected chi connectivity index (χ1v) is 24.5. The van der Waals surface area contributed by atoms with Gasteiger partial charge in [-0.2, -0.15) is 38.3 Å². The minimum Gasteiger partial charge on any atom is -0.481 e. The number of carbonyl (C=O) groups is 4. The van der Waals surface area contributed by atoms with E-state index in [0.717, 1.165) is 6.07 Å². The second kappa shape index (κ2) is 21.8. The molecule has 72 heavy (non-hydrogen) atoms. The number of aliphatic carboxylic acids is 4. The van der Waals surface area contributed by atoms with E-state index >= 15 is 0 Å². The van der Waals surface area contributed by atoms with E-state index in [9.17, 15) is 69.4 Å². The summed E-state index contributed by atoms with van der Waals surface area (Å²) in [5.41, 5.74) is 1.33. The molecule has 0 aliphatic rings. The molecule has 376 valence electrons. The first kappa shape index (κ1) is 52.4. The fraction of sp³-hybridized carbons (Fsp3) is 0.100. The summed E-state index contributed by atoms with van der Waals surface area (Å²) < 4.78 is 82.4. The second-order valence-corrected chi connectivity index (χ2v) is 19.2. The molecule has 2 heterocycles. The number of rotatable bonds is 23. The molecule has 0 bridgehead atoms. The van der Waals surface area contributed by atoms with Crippen molar-refractivity contribution in [1.29, 1.82) is 0 Å². The monoisotopic (exact) mass is 1050 g/mol. The summed E-state index contributed by atoms with van der Waals surface area (Å²) in [6, 6.07) is 16.7. The van der Waals surface area contributed by atoms with Gasteiger partial charge in [0.15, 0.2) is 0 Å². The van der Waals surface area contributed by atoms with Crippen LogP contribution in [0, 0.1) is 0 Å². The van der Waals surface area contributed by atoms with E-state index in [-0.39, 0.29) is 62.2 Å². The maximum Gasteiger partial charge on any atom is 0.326 e. The predicted octanol–water partition coefficient (Wildman–Crippen LogP) is 2.42. The Labute approximate surface area is 406 Å². The van der Waals surface area contributed by atoms with Crippen molar-refractivity contribution < 1.29 is 69.4 Å². The van der Waals surface area contributed by atoms with Crippen LogP contribution in [0.25, 0.3) is 12.2 Å². The summed E-state index contributed by atoms with van der Waals surface area (Å²) >= 11 is 0. The molecule has 32 heteroatoms. The van der Waals surface area contributed by atoms with E-state index in [2.05, 4.69) is 61.8 Å². The van der Waals surface area contributed by atoms with Crippen molar-refractivity contribution in [2.24, 2.45) is 10.3 Å². The van der Waals surface area contributed by atoms with Crippen molar-refractivity contribution in [1.82, 2.24) is 29.9 Å². The molecule has 6 aromatic rings. The van der Waals surface area contributed by atoms with Crippen molar-refractivity contribution in [3.63, 3.8) is 0 Å². The highest BCUT2D eigenvalue weighted by atomic mass is 32.2. The lowest BCUT2D eigenvalue weighted by Crippen LogP contribution is -2.32. The number of nitrogens with one attached hydrogen (secondary N) is 6. The third-order valence-corrected chi connectivity index (χ3v) is 12.0. The van der Waals surface area contributed by atoms with Crippen molar-refractivity contribution in [2.45, 2.75) is 39.6 Å². The van der Waals surface area contributed by atoms with Gasteiger partial charge in [-0.15, -0.1) is 0 Å². The molecular formula is C40H38N14O15S3. The van der Waals surface area contributed by atoms with E-state index in [1.54, 1.807) is 24.3 Å². The summed E-state index contributed by atoms with van der Waals surface area (Å²) in [6.45, 7) is 0. The Bertz CT molecular complexity index is 3430. The lowest BCUT2D eigenvalue weighted by molar-refractivity contribution is -0.144. The molecular weight excluding hydrogens is 1010 g/mol. The van der Waals surface area contributed by atoms with E-state index in [1.165, 1.54) is 72.8 Å². The molecule has 4 aromatic carbocycles. The lowest BCUT2D eigenvalue weighted by Gasteiger charge is -2.15. The van der Waals surface area contributed by atoms with Gasteiger partial charge in [0.25, 0.3) is 10.1 Å². The molecule has 0 amide bonds. The molecule has 2 unspecified atom stereocenters. The van der Waals surface area contributed by atoms with Gasteiger partial charge in [-0.3, -0.25) is 14.1 Å². The van der Waals surface area contributed by atoms with Crippen LogP contribution in [0.1, 0.15) is 24.0 Å². The smallest absolute Gasteiger partial charge is 0.326 e. The topological polar surface area (TPSA) is 473 Å². The zero-order chi connectivity index (χ0) is 52.5. The molecule has 0 saturated heterocycles. The largest absolute Gasteiger partial charge is 0.481 e. The van der Waals surface area contributed by atoms with Gasteiger partial charge < -0.3 is 52.3 Å². The van der Waals surface area contributed by atoms with Crippen LogP contribution in [-0.2, 0) is 49.3 Å². The third kappa shape index (κ3) is 15.0. The molecule has 0 radical (unpaired) electrons. The van der Waals surface area contributed by atoms with Gasteiger partial charge >= 0.3 is 23.9 Å². The number of carboxylic acid groups (broad SMARTS) is 4. The Morgan fingerprint density at radius 3 is 1.15 bits per heavy atom. The van der Waals surface area contributed by atoms with Crippen LogP contribution in [0.15, 0.2) is 106 Å². The molecule has 0 aliphatic carbocycles. The molecule has 2 atom stereocenters. The number of sulfonamides is 2. The number of nitrogens with two attached hydrogens (primary N) is 2. The van der Waals surface area contributed by atoms with Gasteiger partial charge in [-0.25, -0.2) is 36.7 Å². The van der Waals surface area contributed by atoms with E-state index in [1.807, 2.05) is 0 Å². The van der Waals surface area contributed by atoms with Gasteiger partial charge in [-0.05, 0) is 83.9 Å². The van der Waals surface area contributed by atoms with Crippen LogP contribution >= 0.6 is 0 Å². The van der Waals surface area contributed by atoms with Gasteiger partial charge in [-0.1, -0.05) is 30.4 Å². The van der Waals surface area contributed by atoms with E-state index in [0.29, 0.717) is 11.3 Å². The number of aromatic nitrogens is 6. The fourth-order valence-corrected chi connectivity index (χ4v) is 7.72. The summed E-state index contributed by atoms with van der Waals surface area (Å²) in [4.78, 5) is 70.2. The number of carboxylic acids is 4. The number of primary sulfonamides is 2. The highest BCUT2D eigenvalue weighted by molar-refractivity contribution is 7.89. The Hall–Kier alpha value is -8.95. The van der Waals surface area contributed by atoms with Gasteiger partial charge in [0, 0.05) is 22.7 Å². The Kier molecular flexibility index (Phi) is 15.9. The van der Waals surface area contributed by atoms with Crippen molar-refractivity contribution in [3.8, 4) is 0 Å². The number of benzene rings is 4. The molecule has 2 aromatic heterocycles.